The first-order chi connectivity index (χ1) is 12.2. The fourth-order valence-electron chi connectivity index (χ4n) is 2.47. The van der Waals surface area contributed by atoms with Crippen LogP contribution in [0.15, 0.2) is 60.9 Å². The number of aromatic nitrogens is 1. The maximum Gasteiger partial charge on any atom is 0.252 e. The van der Waals surface area contributed by atoms with E-state index in [4.69, 9.17) is 11.1 Å². The van der Waals surface area contributed by atoms with Crippen molar-refractivity contribution in [3.8, 4) is 0 Å². The number of pyridine rings is 1. The van der Waals surface area contributed by atoms with E-state index in [1.54, 1.807) is 24.4 Å². The summed E-state index contributed by atoms with van der Waals surface area (Å²) in [6, 6.07) is 11.0. The summed E-state index contributed by atoms with van der Waals surface area (Å²) < 4.78 is 0. The van der Waals surface area contributed by atoms with E-state index in [9.17, 15) is 4.79 Å². The topological polar surface area (TPSA) is 116 Å². The van der Waals surface area contributed by atoms with Crippen LogP contribution in [0.4, 0.5) is 11.5 Å². The second kappa shape index (κ2) is 7.31. The molecule has 6 N–H and O–H groups in total. The lowest BCUT2D eigenvalue weighted by molar-refractivity contribution is 0.100. The molecule has 0 radical (unpaired) electrons. The molecule has 25 heavy (non-hydrogen) atoms. The fraction of sp³-hybridized carbons (Fsp3) is 0.0556. The Hall–Kier alpha value is -3.61. The van der Waals surface area contributed by atoms with E-state index in [0.717, 1.165) is 16.9 Å². The predicted molar refractivity (Wildman–Crippen MR) is 98.4 cm³/mol. The van der Waals surface area contributed by atoms with Gasteiger partial charge in [-0.2, -0.15) is 0 Å². The molecule has 0 saturated heterocycles. The van der Waals surface area contributed by atoms with Crippen LogP contribution in [0.3, 0.4) is 0 Å². The Balaban J connectivity index is 1.78. The van der Waals surface area contributed by atoms with Crippen molar-refractivity contribution in [2.24, 2.45) is 5.73 Å². The van der Waals surface area contributed by atoms with Gasteiger partial charge < -0.3 is 27.1 Å². The van der Waals surface area contributed by atoms with Crippen molar-refractivity contribution in [3.63, 3.8) is 0 Å². The number of hydrogen-bond acceptors (Lipinski definition) is 6. The molecule has 0 aliphatic carbocycles. The molecule has 3 rings (SSSR count). The third-order valence-corrected chi connectivity index (χ3v) is 3.63. The Kier molecular flexibility index (Phi) is 4.75. The van der Waals surface area contributed by atoms with Gasteiger partial charge in [-0.25, -0.2) is 4.98 Å². The number of hydrogen-bond donors (Lipinski definition) is 5. The van der Waals surface area contributed by atoms with E-state index in [0.29, 0.717) is 11.4 Å². The van der Waals surface area contributed by atoms with Crippen LogP contribution in [0.2, 0.25) is 0 Å². The number of benzene rings is 1. The highest BCUT2D eigenvalue weighted by Gasteiger charge is 2.14. The first kappa shape index (κ1) is 16.3. The van der Waals surface area contributed by atoms with E-state index in [2.05, 4.69) is 20.9 Å². The molecule has 0 saturated carbocycles. The standard InChI is InChI=1S/C18H18N6O/c19-8-2-7-16-22-11-15(24-16)12-4-1-5-13(10-12)23-18-14(17(20)25)6-3-9-21-18/h1-11,16,19,22,24H,(H2,20,25)(H,21,23)/b7-2-,19-8?. The number of primary amides is 1. The number of nitrogens with two attached hydrogens (primary N) is 1. The van der Waals surface area contributed by atoms with Crippen LogP contribution in [-0.4, -0.2) is 23.3 Å². The molecule has 7 nitrogen and oxygen atoms in total. The molecule has 1 amide bonds. The summed E-state index contributed by atoms with van der Waals surface area (Å²) in [5.41, 5.74) is 8.42. The maximum atomic E-state index is 11.5. The molecule has 0 fully saturated rings. The summed E-state index contributed by atoms with van der Waals surface area (Å²) >= 11 is 0. The van der Waals surface area contributed by atoms with Crippen LogP contribution in [0.1, 0.15) is 15.9 Å². The van der Waals surface area contributed by atoms with Crippen LogP contribution in [0.5, 0.6) is 0 Å². The normalized spacial score (nSPS) is 16.0. The molecule has 1 aliphatic rings. The number of amides is 1. The van der Waals surface area contributed by atoms with Crippen LogP contribution in [0, 0.1) is 5.41 Å². The molecule has 1 aromatic heterocycles. The van der Waals surface area contributed by atoms with Gasteiger partial charge in [-0.1, -0.05) is 12.1 Å². The second-order valence-corrected chi connectivity index (χ2v) is 5.37. The van der Waals surface area contributed by atoms with Crippen LogP contribution < -0.4 is 21.7 Å². The SMILES string of the molecule is N=C/C=C\C1NC=C(c2cccc(Nc3ncccc3C(N)=O)c2)N1. The van der Waals surface area contributed by atoms with Crippen molar-refractivity contribution in [2.45, 2.75) is 6.17 Å². The molecule has 2 aromatic rings. The largest absolute Gasteiger partial charge is 0.366 e. The summed E-state index contributed by atoms with van der Waals surface area (Å²) in [4.78, 5) is 15.7. The zero-order valence-electron chi connectivity index (χ0n) is 13.4. The van der Waals surface area contributed by atoms with E-state index >= 15 is 0 Å². The lowest BCUT2D eigenvalue weighted by atomic mass is 10.1. The Morgan fingerprint density at radius 3 is 3.00 bits per heavy atom. The van der Waals surface area contributed by atoms with Crippen LogP contribution in [0.25, 0.3) is 5.70 Å². The van der Waals surface area contributed by atoms with Gasteiger partial charge in [0.2, 0.25) is 0 Å². The van der Waals surface area contributed by atoms with Gasteiger partial charge in [0.25, 0.3) is 5.91 Å². The number of nitrogens with zero attached hydrogens (tertiary/aromatic N) is 1. The Morgan fingerprint density at radius 2 is 2.20 bits per heavy atom. The average Bonchev–Trinajstić information content (AvgIpc) is 3.09. The van der Waals surface area contributed by atoms with Gasteiger partial charge in [0.05, 0.1) is 11.3 Å². The smallest absolute Gasteiger partial charge is 0.252 e. The highest BCUT2D eigenvalue weighted by atomic mass is 16.1. The van der Waals surface area contributed by atoms with Gasteiger partial charge in [0, 0.05) is 29.9 Å². The van der Waals surface area contributed by atoms with E-state index in [1.165, 1.54) is 6.21 Å². The van der Waals surface area contributed by atoms with Crippen molar-refractivity contribution in [3.05, 3.63) is 72.1 Å². The third-order valence-electron chi connectivity index (χ3n) is 3.63. The molecule has 2 heterocycles. The molecule has 1 unspecified atom stereocenters. The maximum absolute atomic E-state index is 11.5. The fourth-order valence-corrected chi connectivity index (χ4v) is 2.47. The van der Waals surface area contributed by atoms with Crippen molar-refractivity contribution in [2.75, 3.05) is 5.32 Å². The van der Waals surface area contributed by atoms with E-state index < -0.39 is 5.91 Å². The van der Waals surface area contributed by atoms with E-state index in [-0.39, 0.29) is 6.17 Å². The van der Waals surface area contributed by atoms with Gasteiger partial charge in [0.15, 0.2) is 0 Å². The summed E-state index contributed by atoms with van der Waals surface area (Å²) in [7, 11) is 0. The molecule has 7 heteroatoms. The number of anilines is 2. The molecular formula is C18H18N6O. The number of allylic oxidation sites excluding steroid dienone is 1. The molecule has 126 valence electrons. The number of carbonyl (C=O) groups is 1. The Labute approximate surface area is 145 Å². The predicted octanol–water partition coefficient (Wildman–Crippen LogP) is 1.95. The second-order valence-electron chi connectivity index (χ2n) is 5.37. The first-order valence-corrected chi connectivity index (χ1v) is 7.69. The van der Waals surface area contributed by atoms with Crippen molar-refractivity contribution < 1.29 is 4.79 Å². The summed E-state index contributed by atoms with van der Waals surface area (Å²) in [6.07, 6.45) is 8.18. The minimum Gasteiger partial charge on any atom is -0.366 e. The molecular weight excluding hydrogens is 316 g/mol. The van der Waals surface area contributed by atoms with Gasteiger partial charge in [-0.3, -0.25) is 4.79 Å². The van der Waals surface area contributed by atoms with Crippen molar-refractivity contribution in [1.82, 2.24) is 15.6 Å². The minimum absolute atomic E-state index is 0.0505. The van der Waals surface area contributed by atoms with E-state index in [1.807, 2.05) is 36.5 Å². The lowest BCUT2D eigenvalue weighted by Crippen LogP contribution is -2.29. The van der Waals surface area contributed by atoms with Crippen LogP contribution in [-0.2, 0) is 0 Å². The highest BCUT2D eigenvalue weighted by Crippen LogP contribution is 2.23. The van der Waals surface area contributed by atoms with Gasteiger partial charge in [-0.05, 0) is 36.4 Å². The quantitative estimate of drug-likeness (QED) is 0.518. The zero-order chi connectivity index (χ0) is 17.6. The molecule has 1 atom stereocenters. The number of nitrogens with one attached hydrogen (secondary N) is 4. The first-order valence-electron chi connectivity index (χ1n) is 7.69. The van der Waals surface area contributed by atoms with Crippen LogP contribution >= 0.6 is 0 Å². The lowest BCUT2D eigenvalue weighted by Gasteiger charge is -2.12. The minimum atomic E-state index is -0.531. The highest BCUT2D eigenvalue weighted by molar-refractivity contribution is 5.98. The Bertz CT molecular complexity index is 858. The monoisotopic (exact) mass is 334 g/mol. The molecule has 1 aromatic carbocycles. The summed E-state index contributed by atoms with van der Waals surface area (Å²) in [5.74, 6) is -0.109. The van der Waals surface area contributed by atoms with Crippen molar-refractivity contribution in [1.29, 1.82) is 5.41 Å². The number of carbonyl (C=O) groups excluding carboxylic acids is 1. The van der Waals surface area contributed by atoms with Gasteiger partial charge in [0.1, 0.15) is 12.0 Å². The summed E-state index contributed by atoms with van der Waals surface area (Å²) in [6.45, 7) is 0. The number of rotatable bonds is 6. The average molecular weight is 334 g/mol. The zero-order valence-corrected chi connectivity index (χ0v) is 13.4. The van der Waals surface area contributed by atoms with Gasteiger partial charge >= 0.3 is 0 Å². The molecule has 0 bridgehead atoms. The summed E-state index contributed by atoms with van der Waals surface area (Å²) in [5, 5.41) is 16.6. The molecule has 0 spiro atoms. The third kappa shape index (κ3) is 3.84. The van der Waals surface area contributed by atoms with Gasteiger partial charge in [-0.15, -0.1) is 0 Å². The Morgan fingerprint density at radius 1 is 1.32 bits per heavy atom. The van der Waals surface area contributed by atoms with Crippen molar-refractivity contribution >= 4 is 29.3 Å². The molecule has 1 aliphatic heterocycles.